The number of rotatable bonds is 6. The van der Waals surface area contributed by atoms with E-state index in [1.165, 1.54) is 24.8 Å². The van der Waals surface area contributed by atoms with Crippen molar-refractivity contribution in [1.82, 2.24) is 9.62 Å². The molecule has 2 aromatic rings. The number of nitrogens with one attached hydrogen (secondary N) is 1. The summed E-state index contributed by atoms with van der Waals surface area (Å²) >= 11 is 0. The molecule has 0 spiro atoms. The van der Waals surface area contributed by atoms with Crippen molar-refractivity contribution >= 4 is 21.6 Å². The Morgan fingerprint density at radius 3 is 2.52 bits per heavy atom. The van der Waals surface area contributed by atoms with E-state index in [4.69, 9.17) is 0 Å². The van der Waals surface area contributed by atoms with Crippen LogP contribution in [0.15, 0.2) is 47.4 Å². The Hall–Kier alpha value is -2.22. The number of likely N-dealkylation sites (tertiary alicyclic amines) is 1. The number of hydrogen-bond acceptors (Lipinski definition) is 4. The first-order chi connectivity index (χ1) is 14.9. The molecule has 0 aliphatic carbocycles. The van der Waals surface area contributed by atoms with Crippen LogP contribution in [-0.2, 0) is 34.3 Å². The van der Waals surface area contributed by atoms with Gasteiger partial charge in [-0.25, -0.2) is 13.1 Å². The van der Waals surface area contributed by atoms with Crippen LogP contribution in [0.25, 0.3) is 0 Å². The van der Waals surface area contributed by atoms with Gasteiger partial charge in [-0.05, 0) is 73.7 Å². The number of carbonyl (C=O) groups is 1. The number of carbonyl (C=O) groups excluding carboxylic acids is 1. The Bertz CT molecular complexity index is 1050. The molecule has 0 aromatic heterocycles. The van der Waals surface area contributed by atoms with Crippen molar-refractivity contribution < 1.29 is 13.2 Å². The number of hydrogen-bond donors (Lipinski definition) is 1. The van der Waals surface area contributed by atoms with Crippen molar-refractivity contribution in [1.29, 1.82) is 0 Å². The summed E-state index contributed by atoms with van der Waals surface area (Å²) in [5.74, 6) is -0.0147. The van der Waals surface area contributed by atoms with Crippen LogP contribution < -0.4 is 9.62 Å². The van der Waals surface area contributed by atoms with Gasteiger partial charge in [-0.3, -0.25) is 9.69 Å². The largest absolute Gasteiger partial charge is 0.312 e. The van der Waals surface area contributed by atoms with Gasteiger partial charge in [-0.2, -0.15) is 0 Å². The molecule has 2 aromatic carbocycles. The van der Waals surface area contributed by atoms with Gasteiger partial charge in [0, 0.05) is 32.2 Å². The van der Waals surface area contributed by atoms with Gasteiger partial charge in [0.15, 0.2) is 0 Å². The maximum absolute atomic E-state index is 12.9. The molecule has 2 aliphatic heterocycles. The molecule has 1 saturated heterocycles. The average molecular weight is 442 g/mol. The lowest BCUT2D eigenvalue weighted by molar-refractivity contribution is -0.116. The molecule has 0 unspecified atom stereocenters. The van der Waals surface area contributed by atoms with Crippen LogP contribution >= 0.6 is 0 Å². The van der Waals surface area contributed by atoms with Gasteiger partial charge in [-0.1, -0.05) is 30.7 Å². The molecule has 1 amide bonds. The number of benzene rings is 2. The van der Waals surface area contributed by atoms with E-state index in [-0.39, 0.29) is 17.3 Å². The highest BCUT2D eigenvalue weighted by Crippen LogP contribution is 2.29. The first-order valence-corrected chi connectivity index (χ1v) is 12.6. The monoisotopic (exact) mass is 441 g/mol. The highest BCUT2D eigenvalue weighted by atomic mass is 32.2. The lowest BCUT2D eigenvalue weighted by atomic mass is 10.0. The second-order valence-corrected chi connectivity index (χ2v) is 10.3. The lowest BCUT2D eigenvalue weighted by Gasteiger charge is -2.28. The molecule has 0 radical (unpaired) electrons. The molecule has 31 heavy (non-hydrogen) atoms. The number of sulfonamides is 1. The van der Waals surface area contributed by atoms with Gasteiger partial charge >= 0.3 is 0 Å². The molecular formula is C24H31N3O3S. The minimum Gasteiger partial charge on any atom is -0.312 e. The summed E-state index contributed by atoms with van der Waals surface area (Å²) in [6.45, 7) is 5.67. The Morgan fingerprint density at radius 1 is 0.968 bits per heavy atom. The summed E-state index contributed by atoms with van der Waals surface area (Å²) in [5.41, 5.74) is 3.91. The molecule has 1 fully saturated rings. The lowest BCUT2D eigenvalue weighted by Crippen LogP contribution is -2.33. The minimum atomic E-state index is -3.63. The third kappa shape index (κ3) is 5.34. The Morgan fingerprint density at radius 2 is 1.74 bits per heavy atom. The third-order valence-corrected chi connectivity index (χ3v) is 7.57. The molecule has 2 aliphatic rings. The van der Waals surface area contributed by atoms with Crippen molar-refractivity contribution in [3.63, 3.8) is 0 Å². The van der Waals surface area contributed by atoms with E-state index in [9.17, 15) is 13.2 Å². The number of aryl methyl sites for hydroxylation is 1. The topological polar surface area (TPSA) is 69.7 Å². The molecule has 166 valence electrons. The van der Waals surface area contributed by atoms with Crippen LogP contribution in [0, 0.1) is 0 Å². The molecule has 2 heterocycles. The Kier molecular flexibility index (Phi) is 6.74. The van der Waals surface area contributed by atoms with Crippen LogP contribution in [0.1, 0.15) is 49.3 Å². The quantitative estimate of drug-likeness (QED) is 0.746. The predicted octanol–water partition coefficient (Wildman–Crippen LogP) is 3.45. The van der Waals surface area contributed by atoms with E-state index in [0.29, 0.717) is 6.54 Å². The van der Waals surface area contributed by atoms with Gasteiger partial charge < -0.3 is 4.90 Å². The number of nitrogens with zero attached hydrogens (tertiary/aromatic N) is 2. The molecule has 0 bridgehead atoms. The smallest absolute Gasteiger partial charge is 0.240 e. The van der Waals surface area contributed by atoms with E-state index in [2.05, 4.69) is 21.8 Å². The van der Waals surface area contributed by atoms with Gasteiger partial charge in [0.05, 0.1) is 4.90 Å². The molecule has 7 heteroatoms. The first kappa shape index (κ1) is 22.0. The Labute approximate surface area is 185 Å². The summed E-state index contributed by atoms with van der Waals surface area (Å²) in [6.07, 6.45) is 5.44. The molecule has 6 nitrogen and oxygen atoms in total. The van der Waals surface area contributed by atoms with E-state index in [1.54, 1.807) is 30.0 Å². The standard InChI is InChI=1S/C24H31N3O3S/c1-19(28)27-14-6-9-22-16-23(10-11-24(22)27)31(29,30)25-17-20-7-5-8-21(15-20)18-26-12-3-2-4-13-26/h5,7-8,10-11,15-16,25H,2-4,6,9,12-14,17-18H2,1H3. The normalized spacial score (nSPS) is 17.4. The zero-order valence-electron chi connectivity index (χ0n) is 18.1. The number of anilines is 1. The van der Waals surface area contributed by atoms with Crippen LogP contribution in [-0.4, -0.2) is 38.9 Å². The van der Waals surface area contributed by atoms with Crippen LogP contribution in [0.2, 0.25) is 0 Å². The third-order valence-electron chi connectivity index (χ3n) is 6.17. The van der Waals surface area contributed by atoms with Gasteiger partial charge in [-0.15, -0.1) is 0 Å². The first-order valence-electron chi connectivity index (χ1n) is 11.1. The highest BCUT2D eigenvalue weighted by Gasteiger charge is 2.23. The predicted molar refractivity (Wildman–Crippen MR) is 122 cm³/mol. The molecule has 1 N–H and O–H groups in total. The van der Waals surface area contributed by atoms with Gasteiger partial charge in [0.2, 0.25) is 15.9 Å². The van der Waals surface area contributed by atoms with Crippen molar-refractivity contribution in [3.8, 4) is 0 Å². The van der Waals surface area contributed by atoms with Crippen LogP contribution in [0.3, 0.4) is 0 Å². The fourth-order valence-electron chi connectivity index (χ4n) is 4.54. The average Bonchev–Trinajstić information content (AvgIpc) is 2.78. The number of fused-ring (bicyclic) bond motifs is 1. The van der Waals surface area contributed by atoms with E-state index < -0.39 is 10.0 Å². The maximum Gasteiger partial charge on any atom is 0.240 e. The van der Waals surface area contributed by atoms with Crippen LogP contribution in [0.4, 0.5) is 5.69 Å². The van der Waals surface area contributed by atoms with Gasteiger partial charge in [0.25, 0.3) is 0 Å². The molecule has 4 rings (SSSR count). The maximum atomic E-state index is 12.9. The summed E-state index contributed by atoms with van der Waals surface area (Å²) in [5, 5.41) is 0. The molecule has 0 atom stereocenters. The van der Waals surface area contributed by atoms with Gasteiger partial charge in [0.1, 0.15) is 0 Å². The second kappa shape index (κ2) is 9.51. The zero-order valence-corrected chi connectivity index (χ0v) is 19.0. The fourth-order valence-corrected chi connectivity index (χ4v) is 5.61. The summed E-state index contributed by atoms with van der Waals surface area (Å²) in [7, 11) is -3.63. The summed E-state index contributed by atoms with van der Waals surface area (Å²) < 4.78 is 28.6. The van der Waals surface area contributed by atoms with Crippen molar-refractivity contribution in [2.24, 2.45) is 0 Å². The van der Waals surface area contributed by atoms with Crippen molar-refractivity contribution in [2.45, 2.75) is 57.0 Å². The van der Waals surface area contributed by atoms with E-state index >= 15 is 0 Å². The number of amides is 1. The van der Waals surface area contributed by atoms with Crippen LogP contribution in [0.5, 0.6) is 0 Å². The van der Waals surface area contributed by atoms with E-state index in [0.717, 1.165) is 49.3 Å². The van der Waals surface area contributed by atoms with E-state index in [1.807, 2.05) is 12.1 Å². The zero-order chi connectivity index (χ0) is 21.8. The molecule has 0 saturated carbocycles. The number of piperidine rings is 1. The summed E-state index contributed by atoms with van der Waals surface area (Å²) in [4.78, 5) is 16.3. The van der Waals surface area contributed by atoms with Crippen molar-refractivity contribution in [2.75, 3.05) is 24.5 Å². The fraction of sp³-hybridized carbons (Fsp3) is 0.458. The minimum absolute atomic E-state index is 0.0147. The SMILES string of the molecule is CC(=O)N1CCCc2cc(S(=O)(=O)NCc3cccc(CN4CCCCC4)c3)ccc21. The highest BCUT2D eigenvalue weighted by molar-refractivity contribution is 7.89. The Balaban J connectivity index is 1.44. The summed E-state index contributed by atoms with van der Waals surface area (Å²) in [6, 6.07) is 13.2. The van der Waals surface area contributed by atoms with Crippen molar-refractivity contribution in [3.05, 3.63) is 59.2 Å². The molecular weight excluding hydrogens is 410 g/mol. The second-order valence-electron chi connectivity index (χ2n) is 8.55.